The first-order valence-corrected chi connectivity index (χ1v) is 4.56. The third-order valence-corrected chi connectivity index (χ3v) is 2.08. The van der Waals surface area contributed by atoms with Crippen LogP contribution < -0.4 is 0 Å². The molecule has 0 saturated carbocycles. The summed E-state index contributed by atoms with van der Waals surface area (Å²) in [5.41, 5.74) is 0. The van der Waals surface area contributed by atoms with Crippen LogP contribution in [0.5, 0.6) is 0 Å². The van der Waals surface area contributed by atoms with Gasteiger partial charge in [-0.3, -0.25) is 4.79 Å². The van der Waals surface area contributed by atoms with E-state index in [1.54, 1.807) is 0 Å². The first-order valence-electron chi connectivity index (χ1n) is 4.56. The Morgan fingerprint density at radius 2 is 2.46 bits per heavy atom. The van der Waals surface area contributed by atoms with Gasteiger partial charge in [-0.05, 0) is 0 Å². The van der Waals surface area contributed by atoms with Crippen molar-refractivity contribution in [3.8, 4) is 0 Å². The summed E-state index contributed by atoms with van der Waals surface area (Å²) >= 11 is 0. The fourth-order valence-electron chi connectivity index (χ4n) is 1.06. The Kier molecular flexibility index (Phi) is 3.34. The minimum Gasteiger partial charge on any atom is -0.498 e. The Balaban J connectivity index is 2.19. The van der Waals surface area contributed by atoms with Gasteiger partial charge >= 0.3 is 5.97 Å². The molecule has 0 spiro atoms. The summed E-state index contributed by atoms with van der Waals surface area (Å²) in [5, 5.41) is 0. The van der Waals surface area contributed by atoms with Crippen molar-refractivity contribution in [3.05, 3.63) is 12.3 Å². The van der Waals surface area contributed by atoms with Gasteiger partial charge in [0.1, 0.15) is 0 Å². The second-order valence-corrected chi connectivity index (χ2v) is 3.69. The molecule has 1 aliphatic heterocycles. The number of rotatable bonds is 4. The van der Waals surface area contributed by atoms with Crippen molar-refractivity contribution in [1.82, 2.24) is 0 Å². The van der Waals surface area contributed by atoms with E-state index in [1.807, 2.05) is 13.8 Å². The van der Waals surface area contributed by atoms with Crippen molar-refractivity contribution >= 4 is 5.97 Å². The van der Waals surface area contributed by atoms with Gasteiger partial charge in [-0.2, -0.15) is 0 Å². The molecular formula is C10H16O3. The zero-order valence-corrected chi connectivity index (χ0v) is 8.21. The largest absolute Gasteiger partial charge is 0.498 e. The summed E-state index contributed by atoms with van der Waals surface area (Å²) < 4.78 is 10.2. The van der Waals surface area contributed by atoms with Crippen molar-refractivity contribution in [2.24, 2.45) is 11.8 Å². The molecule has 1 unspecified atom stereocenters. The molecule has 3 heteroatoms. The molecular weight excluding hydrogens is 168 g/mol. The van der Waals surface area contributed by atoms with Crippen molar-refractivity contribution in [1.29, 1.82) is 0 Å². The standard InChI is InChI=1S/C10H16O3/c1-7(2)8(3)12-5-9-4-10(11)13-6-9/h7,9H,3-6H2,1-2H3. The maximum atomic E-state index is 10.7. The highest BCUT2D eigenvalue weighted by atomic mass is 16.5. The average Bonchev–Trinajstić information content (AvgIpc) is 2.47. The number of carbonyl (C=O) groups excluding carboxylic acids is 1. The monoisotopic (exact) mass is 184 g/mol. The summed E-state index contributed by atoms with van der Waals surface area (Å²) in [6, 6.07) is 0. The number of cyclic esters (lactones) is 1. The van der Waals surface area contributed by atoms with Crippen LogP contribution in [0.25, 0.3) is 0 Å². The summed E-state index contributed by atoms with van der Waals surface area (Å²) in [5.74, 6) is 1.20. The normalized spacial score (nSPS) is 21.8. The molecule has 0 aromatic rings. The van der Waals surface area contributed by atoms with Crippen molar-refractivity contribution in [2.45, 2.75) is 20.3 Å². The van der Waals surface area contributed by atoms with Gasteiger partial charge in [-0.1, -0.05) is 20.4 Å². The topological polar surface area (TPSA) is 35.5 Å². The van der Waals surface area contributed by atoms with Crippen LogP contribution in [0.3, 0.4) is 0 Å². The Morgan fingerprint density at radius 3 is 2.92 bits per heavy atom. The molecule has 74 valence electrons. The van der Waals surface area contributed by atoms with E-state index >= 15 is 0 Å². The third kappa shape index (κ3) is 3.09. The van der Waals surface area contributed by atoms with Gasteiger partial charge in [-0.15, -0.1) is 0 Å². The van der Waals surface area contributed by atoms with Crippen LogP contribution in [0.2, 0.25) is 0 Å². The zero-order chi connectivity index (χ0) is 9.84. The lowest BCUT2D eigenvalue weighted by Gasteiger charge is -2.13. The van der Waals surface area contributed by atoms with Crippen molar-refractivity contribution in [2.75, 3.05) is 13.2 Å². The van der Waals surface area contributed by atoms with Crippen LogP contribution in [0.15, 0.2) is 12.3 Å². The Hall–Kier alpha value is -0.990. The van der Waals surface area contributed by atoms with E-state index < -0.39 is 0 Å². The van der Waals surface area contributed by atoms with E-state index in [1.165, 1.54) is 0 Å². The van der Waals surface area contributed by atoms with E-state index in [9.17, 15) is 4.79 Å². The molecule has 0 bridgehead atoms. The molecule has 3 nitrogen and oxygen atoms in total. The van der Waals surface area contributed by atoms with Gasteiger partial charge in [0.2, 0.25) is 0 Å². The number of carbonyl (C=O) groups is 1. The van der Waals surface area contributed by atoms with Gasteiger partial charge < -0.3 is 9.47 Å². The van der Waals surface area contributed by atoms with Gasteiger partial charge in [0, 0.05) is 11.8 Å². The maximum Gasteiger partial charge on any atom is 0.306 e. The molecule has 1 aliphatic rings. The summed E-state index contributed by atoms with van der Waals surface area (Å²) in [4.78, 5) is 10.7. The van der Waals surface area contributed by atoms with Crippen molar-refractivity contribution < 1.29 is 14.3 Å². The SMILES string of the molecule is C=C(OCC1COC(=O)C1)C(C)C. The molecule has 1 fully saturated rings. The second kappa shape index (κ2) is 4.30. The van der Waals surface area contributed by atoms with Crippen LogP contribution in [0.1, 0.15) is 20.3 Å². The van der Waals surface area contributed by atoms with Crippen LogP contribution in [0, 0.1) is 11.8 Å². The predicted molar refractivity (Wildman–Crippen MR) is 49.0 cm³/mol. The van der Waals surface area contributed by atoms with Gasteiger partial charge in [-0.25, -0.2) is 0 Å². The lowest BCUT2D eigenvalue weighted by molar-refractivity contribution is -0.137. The number of ether oxygens (including phenoxy) is 2. The quantitative estimate of drug-likeness (QED) is 0.493. The predicted octanol–water partition coefficient (Wildman–Crippen LogP) is 1.74. The van der Waals surface area contributed by atoms with Crippen LogP contribution in [-0.4, -0.2) is 19.2 Å². The van der Waals surface area contributed by atoms with Gasteiger partial charge in [0.15, 0.2) is 0 Å². The second-order valence-electron chi connectivity index (χ2n) is 3.69. The van der Waals surface area contributed by atoms with Gasteiger partial charge in [0.05, 0.1) is 25.4 Å². The third-order valence-electron chi connectivity index (χ3n) is 2.08. The highest BCUT2D eigenvalue weighted by molar-refractivity contribution is 5.71. The molecule has 1 heterocycles. The lowest BCUT2D eigenvalue weighted by Crippen LogP contribution is -2.10. The molecule has 0 aromatic heterocycles. The molecule has 0 aromatic carbocycles. The van der Waals surface area contributed by atoms with E-state index in [4.69, 9.17) is 9.47 Å². The number of esters is 1. The highest BCUT2D eigenvalue weighted by Gasteiger charge is 2.24. The number of allylic oxidation sites excluding steroid dienone is 1. The van der Waals surface area contributed by atoms with Crippen LogP contribution in [-0.2, 0) is 14.3 Å². The lowest BCUT2D eigenvalue weighted by atomic mass is 10.1. The average molecular weight is 184 g/mol. The molecule has 1 rings (SSSR count). The Labute approximate surface area is 78.7 Å². The summed E-state index contributed by atoms with van der Waals surface area (Å²) in [6.45, 7) is 8.87. The minimum atomic E-state index is -0.122. The van der Waals surface area contributed by atoms with E-state index in [0.717, 1.165) is 5.76 Å². The van der Waals surface area contributed by atoms with Crippen LogP contribution >= 0.6 is 0 Å². The van der Waals surface area contributed by atoms with E-state index in [0.29, 0.717) is 25.6 Å². The molecule has 1 saturated heterocycles. The molecule has 0 radical (unpaired) electrons. The van der Waals surface area contributed by atoms with E-state index in [2.05, 4.69) is 6.58 Å². The molecule has 1 atom stereocenters. The Bertz CT molecular complexity index is 208. The molecule has 0 aliphatic carbocycles. The minimum absolute atomic E-state index is 0.122. The summed E-state index contributed by atoms with van der Waals surface area (Å²) in [6.07, 6.45) is 0.478. The molecule has 13 heavy (non-hydrogen) atoms. The molecule has 0 amide bonds. The zero-order valence-electron chi connectivity index (χ0n) is 8.21. The van der Waals surface area contributed by atoms with E-state index in [-0.39, 0.29) is 11.9 Å². The van der Waals surface area contributed by atoms with Gasteiger partial charge in [0.25, 0.3) is 0 Å². The Morgan fingerprint density at radius 1 is 1.77 bits per heavy atom. The highest BCUT2D eigenvalue weighted by Crippen LogP contribution is 2.17. The van der Waals surface area contributed by atoms with Crippen molar-refractivity contribution in [3.63, 3.8) is 0 Å². The fraction of sp³-hybridized carbons (Fsp3) is 0.700. The summed E-state index contributed by atoms with van der Waals surface area (Å²) in [7, 11) is 0. The molecule has 0 N–H and O–H groups in total. The first-order chi connectivity index (χ1) is 6.09. The smallest absolute Gasteiger partial charge is 0.306 e. The van der Waals surface area contributed by atoms with Crippen LogP contribution in [0.4, 0.5) is 0 Å². The number of hydrogen-bond donors (Lipinski definition) is 0. The fourth-order valence-corrected chi connectivity index (χ4v) is 1.06. The first kappa shape index (κ1) is 10.1. The maximum absolute atomic E-state index is 10.7. The number of hydrogen-bond acceptors (Lipinski definition) is 3.